The Hall–Kier alpha value is -2.49. The van der Waals surface area contributed by atoms with E-state index in [1.54, 1.807) is 31.2 Å². The Balaban J connectivity index is 2.11. The van der Waals surface area contributed by atoms with Gasteiger partial charge in [0.1, 0.15) is 5.75 Å². The molecule has 0 aromatic heterocycles. The number of nitrogens with one attached hydrogen (secondary N) is 1. The van der Waals surface area contributed by atoms with E-state index in [1.807, 2.05) is 19.1 Å². The zero-order chi connectivity index (χ0) is 14.7. The van der Waals surface area contributed by atoms with Gasteiger partial charge < -0.3 is 15.5 Å². The van der Waals surface area contributed by atoms with E-state index in [0.29, 0.717) is 12.1 Å². The highest BCUT2D eigenvalue weighted by atomic mass is 16.4. The number of phenols is 1. The van der Waals surface area contributed by atoms with Crippen molar-refractivity contribution in [2.24, 2.45) is 0 Å². The second kappa shape index (κ2) is 5.65. The number of phenolic OH excluding ortho intramolecular Hbond substituents is 1. The van der Waals surface area contributed by atoms with Crippen molar-refractivity contribution in [3.8, 4) is 5.75 Å². The standard InChI is InChI=1S/C16H17NO3/c1-10-7-12(3-5-14(10)16(19)20)9-17-15-6-4-13(18)8-11(15)2/h3-8,17-18H,9H2,1-2H3,(H,19,20). The van der Waals surface area contributed by atoms with E-state index in [9.17, 15) is 9.90 Å². The third-order valence-electron chi connectivity index (χ3n) is 3.21. The molecule has 2 rings (SSSR count). The van der Waals surface area contributed by atoms with Crippen molar-refractivity contribution in [3.63, 3.8) is 0 Å². The highest BCUT2D eigenvalue weighted by molar-refractivity contribution is 5.89. The number of benzene rings is 2. The smallest absolute Gasteiger partial charge is 0.335 e. The molecule has 0 spiro atoms. The predicted octanol–water partition coefficient (Wildman–Crippen LogP) is 3.32. The van der Waals surface area contributed by atoms with Crippen molar-refractivity contribution >= 4 is 11.7 Å². The zero-order valence-electron chi connectivity index (χ0n) is 11.5. The lowest BCUT2D eigenvalue weighted by molar-refractivity contribution is 0.0696. The zero-order valence-corrected chi connectivity index (χ0v) is 11.5. The summed E-state index contributed by atoms with van der Waals surface area (Å²) in [6.07, 6.45) is 0. The van der Waals surface area contributed by atoms with Gasteiger partial charge in [0, 0.05) is 12.2 Å². The molecule has 104 valence electrons. The van der Waals surface area contributed by atoms with Crippen LogP contribution < -0.4 is 5.32 Å². The monoisotopic (exact) mass is 271 g/mol. The largest absolute Gasteiger partial charge is 0.508 e. The minimum atomic E-state index is -0.906. The van der Waals surface area contributed by atoms with E-state index in [1.165, 1.54) is 0 Å². The summed E-state index contributed by atoms with van der Waals surface area (Å²) in [5.74, 6) is -0.661. The summed E-state index contributed by atoms with van der Waals surface area (Å²) in [4.78, 5) is 10.9. The molecule has 0 saturated carbocycles. The maximum absolute atomic E-state index is 10.9. The number of hydrogen-bond donors (Lipinski definition) is 3. The highest BCUT2D eigenvalue weighted by Crippen LogP contribution is 2.21. The lowest BCUT2D eigenvalue weighted by Crippen LogP contribution is -2.04. The van der Waals surface area contributed by atoms with Crippen molar-refractivity contribution in [2.75, 3.05) is 5.32 Å². The number of aromatic carboxylic acids is 1. The number of carboxylic acids is 1. The quantitative estimate of drug-likeness (QED) is 0.746. The van der Waals surface area contributed by atoms with Gasteiger partial charge in [0.15, 0.2) is 0 Å². The third kappa shape index (κ3) is 3.09. The Morgan fingerprint density at radius 1 is 1.10 bits per heavy atom. The van der Waals surface area contributed by atoms with Crippen LogP contribution in [0.25, 0.3) is 0 Å². The summed E-state index contributed by atoms with van der Waals surface area (Å²) in [6.45, 7) is 4.31. The molecule has 2 aromatic carbocycles. The molecule has 0 unspecified atom stereocenters. The second-order valence-electron chi connectivity index (χ2n) is 4.81. The Labute approximate surface area is 117 Å². The molecule has 0 fully saturated rings. The Kier molecular flexibility index (Phi) is 3.94. The maximum Gasteiger partial charge on any atom is 0.335 e. The van der Waals surface area contributed by atoms with Crippen LogP contribution >= 0.6 is 0 Å². The van der Waals surface area contributed by atoms with Crippen LogP contribution in [0.3, 0.4) is 0 Å². The topological polar surface area (TPSA) is 69.6 Å². The second-order valence-corrected chi connectivity index (χ2v) is 4.81. The molecule has 0 radical (unpaired) electrons. The third-order valence-corrected chi connectivity index (χ3v) is 3.21. The molecular formula is C16H17NO3. The predicted molar refractivity (Wildman–Crippen MR) is 78.3 cm³/mol. The van der Waals surface area contributed by atoms with Crippen LogP contribution in [-0.2, 0) is 6.54 Å². The van der Waals surface area contributed by atoms with Gasteiger partial charge in [-0.1, -0.05) is 12.1 Å². The molecule has 0 bridgehead atoms. The maximum atomic E-state index is 10.9. The first-order valence-electron chi connectivity index (χ1n) is 6.33. The number of carboxylic acid groups (broad SMARTS) is 1. The summed E-state index contributed by atoms with van der Waals surface area (Å²) < 4.78 is 0. The van der Waals surface area contributed by atoms with Crippen molar-refractivity contribution in [3.05, 3.63) is 58.7 Å². The van der Waals surface area contributed by atoms with E-state index in [-0.39, 0.29) is 5.75 Å². The van der Waals surface area contributed by atoms with Gasteiger partial charge in [-0.2, -0.15) is 0 Å². The molecule has 4 heteroatoms. The minimum Gasteiger partial charge on any atom is -0.508 e. The van der Waals surface area contributed by atoms with Crippen LogP contribution in [0.4, 0.5) is 5.69 Å². The lowest BCUT2D eigenvalue weighted by atomic mass is 10.0. The van der Waals surface area contributed by atoms with Crippen molar-refractivity contribution < 1.29 is 15.0 Å². The molecule has 4 nitrogen and oxygen atoms in total. The molecule has 20 heavy (non-hydrogen) atoms. The van der Waals surface area contributed by atoms with E-state index < -0.39 is 5.97 Å². The van der Waals surface area contributed by atoms with E-state index in [4.69, 9.17) is 5.11 Å². The van der Waals surface area contributed by atoms with Crippen molar-refractivity contribution in [1.82, 2.24) is 0 Å². The first kappa shape index (κ1) is 13.9. The fourth-order valence-electron chi connectivity index (χ4n) is 2.12. The Morgan fingerprint density at radius 2 is 1.85 bits per heavy atom. The molecule has 0 heterocycles. The van der Waals surface area contributed by atoms with Gasteiger partial charge in [-0.25, -0.2) is 4.79 Å². The lowest BCUT2D eigenvalue weighted by Gasteiger charge is -2.11. The average Bonchev–Trinajstić information content (AvgIpc) is 2.37. The number of hydrogen-bond acceptors (Lipinski definition) is 3. The van der Waals surface area contributed by atoms with Gasteiger partial charge in [0.25, 0.3) is 0 Å². The van der Waals surface area contributed by atoms with E-state index in [0.717, 1.165) is 22.4 Å². The van der Waals surface area contributed by atoms with Crippen LogP contribution in [0.15, 0.2) is 36.4 Å². The molecule has 0 atom stereocenters. The number of aromatic hydroxyl groups is 1. The van der Waals surface area contributed by atoms with Crippen molar-refractivity contribution in [1.29, 1.82) is 0 Å². The van der Waals surface area contributed by atoms with E-state index in [2.05, 4.69) is 5.32 Å². The number of carbonyl (C=O) groups is 1. The SMILES string of the molecule is Cc1cc(O)ccc1NCc1ccc(C(=O)O)c(C)c1. The van der Waals surface area contributed by atoms with Crippen LogP contribution in [0.2, 0.25) is 0 Å². The van der Waals surface area contributed by atoms with E-state index >= 15 is 0 Å². The first-order valence-corrected chi connectivity index (χ1v) is 6.33. The van der Waals surface area contributed by atoms with Gasteiger partial charge in [-0.05, 0) is 54.8 Å². The van der Waals surface area contributed by atoms with Gasteiger partial charge in [0.2, 0.25) is 0 Å². The van der Waals surface area contributed by atoms with Gasteiger partial charge in [-0.15, -0.1) is 0 Å². The van der Waals surface area contributed by atoms with Crippen LogP contribution in [0, 0.1) is 13.8 Å². The molecule has 3 N–H and O–H groups in total. The number of anilines is 1. The first-order chi connectivity index (χ1) is 9.47. The number of rotatable bonds is 4. The molecule has 2 aromatic rings. The minimum absolute atomic E-state index is 0.245. The van der Waals surface area contributed by atoms with Gasteiger partial charge in [-0.3, -0.25) is 0 Å². The molecule has 0 aliphatic carbocycles. The molecule has 0 aliphatic heterocycles. The van der Waals surface area contributed by atoms with Gasteiger partial charge in [0.05, 0.1) is 5.56 Å². The van der Waals surface area contributed by atoms with Crippen molar-refractivity contribution in [2.45, 2.75) is 20.4 Å². The highest BCUT2D eigenvalue weighted by Gasteiger charge is 2.07. The summed E-state index contributed by atoms with van der Waals surface area (Å²) in [6, 6.07) is 10.4. The average molecular weight is 271 g/mol. The fourth-order valence-corrected chi connectivity index (χ4v) is 2.12. The summed E-state index contributed by atoms with van der Waals surface area (Å²) >= 11 is 0. The summed E-state index contributed by atoms with van der Waals surface area (Å²) in [7, 11) is 0. The summed E-state index contributed by atoms with van der Waals surface area (Å²) in [5, 5.41) is 21.6. The van der Waals surface area contributed by atoms with Crippen LogP contribution in [-0.4, -0.2) is 16.2 Å². The summed E-state index contributed by atoms with van der Waals surface area (Å²) in [5.41, 5.74) is 4.00. The normalized spacial score (nSPS) is 10.3. The Morgan fingerprint density at radius 3 is 2.45 bits per heavy atom. The number of aryl methyl sites for hydroxylation is 2. The van der Waals surface area contributed by atoms with Crippen LogP contribution in [0.5, 0.6) is 5.75 Å². The Bertz CT molecular complexity index is 650. The molecule has 0 amide bonds. The molecular weight excluding hydrogens is 254 g/mol. The van der Waals surface area contributed by atoms with Gasteiger partial charge >= 0.3 is 5.97 Å². The molecule has 0 aliphatic rings. The van der Waals surface area contributed by atoms with Crippen LogP contribution in [0.1, 0.15) is 27.0 Å². The molecule has 0 saturated heterocycles. The fraction of sp³-hybridized carbons (Fsp3) is 0.188.